The van der Waals surface area contributed by atoms with Crippen LogP contribution in [0.3, 0.4) is 0 Å². The summed E-state index contributed by atoms with van der Waals surface area (Å²) in [5.41, 5.74) is 0.497. The normalized spacial score (nSPS) is 13.0. The van der Waals surface area contributed by atoms with E-state index in [-0.39, 0.29) is 16.7 Å². The van der Waals surface area contributed by atoms with E-state index < -0.39 is 9.84 Å². The zero-order chi connectivity index (χ0) is 14.5. The summed E-state index contributed by atoms with van der Waals surface area (Å²) in [6.45, 7) is 5.19. The molecule has 1 unspecified atom stereocenters. The summed E-state index contributed by atoms with van der Waals surface area (Å²) in [7, 11) is -3.26. The number of nitrogens with one attached hydrogen (secondary N) is 2. The van der Waals surface area contributed by atoms with E-state index in [9.17, 15) is 13.2 Å². The van der Waals surface area contributed by atoms with E-state index in [0.29, 0.717) is 12.2 Å². The molecule has 1 amide bonds. The molecule has 6 heteroatoms. The summed E-state index contributed by atoms with van der Waals surface area (Å²) in [6, 6.07) is 6.26. The Morgan fingerprint density at radius 1 is 1.37 bits per heavy atom. The Labute approximate surface area is 114 Å². The second kappa shape index (κ2) is 6.68. The van der Waals surface area contributed by atoms with Crippen LogP contribution in [-0.2, 0) is 14.6 Å². The van der Waals surface area contributed by atoms with Crippen LogP contribution in [0, 0.1) is 5.92 Å². The van der Waals surface area contributed by atoms with Crippen LogP contribution in [0.15, 0.2) is 29.2 Å². The number of carbonyl (C=O) groups is 1. The van der Waals surface area contributed by atoms with Crippen LogP contribution in [-0.4, -0.2) is 33.7 Å². The molecule has 1 aromatic rings. The number of rotatable bonds is 6. The highest BCUT2D eigenvalue weighted by Crippen LogP contribution is 2.15. The maximum Gasteiger partial charge on any atom is 0.228 e. The lowest BCUT2D eigenvalue weighted by molar-refractivity contribution is -0.119. The van der Waals surface area contributed by atoms with Crippen LogP contribution >= 0.6 is 0 Å². The van der Waals surface area contributed by atoms with Gasteiger partial charge in [0.05, 0.1) is 4.90 Å². The highest BCUT2D eigenvalue weighted by molar-refractivity contribution is 7.90. The smallest absolute Gasteiger partial charge is 0.228 e. The number of sulfone groups is 1. The topological polar surface area (TPSA) is 75.3 Å². The molecule has 0 heterocycles. The number of amides is 1. The van der Waals surface area contributed by atoms with Crippen molar-refractivity contribution in [2.45, 2.75) is 18.7 Å². The molecule has 0 bridgehead atoms. The monoisotopic (exact) mass is 284 g/mol. The zero-order valence-electron chi connectivity index (χ0n) is 11.4. The maximum absolute atomic E-state index is 11.9. The second-order valence-corrected chi connectivity index (χ2v) is 6.51. The van der Waals surface area contributed by atoms with Crippen LogP contribution in [0.4, 0.5) is 5.69 Å². The molecule has 0 aliphatic carbocycles. The SMILES string of the molecule is CCNCC(C)C(=O)Nc1cccc(S(C)(=O)=O)c1. The van der Waals surface area contributed by atoms with Crippen LogP contribution in [0.1, 0.15) is 13.8 Å². The quantitative estimate of drug-likeness (QED) is 0.825. The van der Waals surface area contributed by atoms with Gasteiger partial charge in [-0.05, 0) is 24.7 Å². The summed E-state index contributed by atoms with van der Waals surface area (Å²) < 4.78 is 22.8. The van der Waals surface area contributed by atoms with Gasteiger partial charge in [0.15, 0.2) is 9.84 Å². The van der Waals surface area contributed by atoms with E-state index in [4.69, 9.17) is 0 Å². The maximum atomic E-state index is 11.9. The molecule has 0 aromatic heterocycles. The Balaban J connectivity index is 2.75. The number of benzene rings is 1. The molecular formula is C13H20N2O3S. The van der Waals surface area contributed by atoms with Crippen molar-refractivity contribution in [3.05, 3.63) is 24.3 Å². The molecular weight excluding hydrogens is 264 g/mol. The Hall–Kier alpha value is -1.40. The van der Waals surface area contributed by atoms with Crippen LogP contribution in [0.5, 0.6) is 0 Å². The van der Waals surface area contributed by atoms with Gasteiger partial charge in [0, 0.05) is 24.4 Å². The minimum Gasteiger partial charge on any atom is -0.326 e. The van der Waals surface area contributed by atoms with Crippen molar-refractivity contribution >= 4 is 21.4 Å². The molecule has 19 heavy (non-hydrogen) atoms. The van der Waals surface area contributed by atoms with E-state index in [1.165, 1.54) is 12.1 Å². The standard InChI is InChI=1S/C13H20N2O3S/c1-4-14-9-10(2)13(16)15-11-6-5-7-12(8-11)19(3,17)18/h5-8,10,14H,4,9H2,1-3H3,(H,15,16). The minimum absolute atomic E-state index is 0.133. The Bertz CT molecular complexity index is 541. The van der Waals surface area contributed by atoms with Crippen LogP contribution < -0.4 is 10.6 Å². The molecule has 0 saturated carbocycles. The average Bonchev–Trinajstić information content (AvgIpc) is 2.35. The van der Waals surface area contributed by atoms with Gasteiger partial charge in [-0.3, -0.25) is 4.79 Å². The van der Waals surface area contributed by atoms with Crippen molar-refractivity contribution in [3.8, 4) is 0 Å². The average molecular weight is 284 g/mol. The molecule has 5 nitrogen and oxygen atoms in total. The van der Waals surface area contributed by atoms with Gasteiger partial charge in [-0.15, -0.1) is 0 Å². The fourth-order valence-corrected chi connectivity index (χ4v) is 2.19. The lowest BCUT2D eigenvalue weighted by atomic mass is 10.1. The van der Waals surface area contributed by atoms with Crippen LogP contribution in [0.2, 0.25) is 0 Å². The van der Waals surface area contributed by atoms with E-state index >= 15 is 0 Å². The lowest BCUT2D eigenvalue weighted by Crippen LogP contribution is -2.30. The van der Waals surface area contributed by atoms with Crippen molar-refractivity contribution < 1.29 is 13.2 Å². The molecule has 106 valence electrons. The van der Waals surface area contributed by atoms with E-state index in [1.807, 2.05) is 13.8 Å². The molecule has 1 aromatic carbocycles. The van der Waals surface area contributed by atoms with Crippen molar-refractivity contribution in [2.24, 2.45) is 5.92 Å². The number of carbonyl (C=O) groups excluding carboxylic acids is 1. The second-order valence-electron chi connectivity index (χ2n) is 4.50. The summed E-state index contributed by atoms with van der Waals surface area (Å²) in [6.07, 6.45) is 1.14. The predicted octanol–water partition coefficient (Wildman–Crippen LogP) is 1.27. The molecule has 0 aliphatic rings. The minimum atomic E-state index is -3.26. The first kappa shape index (κ1) is 15.7. The third-order valence-corrected chi connectivity index (χ3v) is 3.79. The predicted molar refractivity (Wildman–Crippen MR) is 75.9 cm³/mol. The summed E-state index contributed by atoms with van der Waals surface area (Å²) >= 11 is 0. The van der Waals surface area contributed by atoms with Crippen molar-refractivity contribution in [1.82, 2.24) is 5.32 Å². The molecule has 1 atom stereocenters. The Morgan fingerprint density at radius 3 is 2.63 bits per heavy atom. The molecule has 0 radical (unpaired) electrons. The van der Waals surface area contributed by atoms with Gasteiger partial charge in [-0.25, -0.2) is 8.42 Å². The molecule has 0 aliphatic heterocycles. The Morgan fingerprint density at radius 2 is 2.05 bits per heavy atom. The third-order valence-electron chi connectivity index (χ3n) is 2.68. The summed E-state index contributed by atoms with van der Waals surface area (Å²) in [5, 5.41) is 5.81. The lowest BCUT2D eigenvalue weighted by Gasteiger charge is -2.12. The summed E-state index contributed by atoms with van der Waals surface area (Å²) in [4.78, 5) is 12.1. The van der Waals surface area contributed by atoms with Gasteiger partial charge in [-0.1, -0.05) is 19.9 Å². The number of anilines is 1. The van der Waals surface area contributed by atoms with E-state index in [2.05, 4.69) is 10.6 Å². The zero-order valence-corrected chi connectivity index (χ0v) is 12.3. The van der Waals surface area contributed by atoms with Crippen molar-refractivity contribution in [2.75, 3.05) is 24.7 Å². The fourth-order valence-electron chi connectivity index (χ4n) is 1.52. The van der Waals surface area contributed by atoms with E-state index in [0.717, 1.165) is 12.8 Å². The first-order chi connectivity index (χ1) is 8.84. The van der Waals surface area contributed by atoms with Gasteiger partial charge in [0.1, 0.15) is 0 Å². The van der Waals surface area contributed by atoms with E-state index in [1.54, 1.807) is 12.1 Å². The third kappa shape index (κ3) is 5.00. The summed E-state index contributed by atoms with van der Waals surface area (Å²) in [5.74, 6) is -0.312. The first-order valence-corrected chi connectivity index (χ1v) is 8.05. The number of hydrogen-bond donors (Lipinski definition) is 2. The van der Waals surface area contributed by atoms with Gasteiger partial charge < -0.3 is 10.6 Å². The highest BCUT2D eigenvalue weighted by atomic mass is 32.2. The van der Waals surface area contributed by atoms with Gasteiger partial charge in [0.2, 0.25) is 5.91 Å². The molecule has 1 rings (SSSR count). The first-order valence-electron chi connectivity index (χ1n) is 6.16. The molecule has 2 N–H and O–H groups in total. The van der Waals surface area contributed by atoms with Crippen molar-refractivity contribution in [1.29, 1.82) is 0 Å². The fraction of sp³-hybridized carbons (Fsp3) is 0.462. The molecule has 0 fully saturated rings. The van der Waals surface area contributed by atoms with Gasteiger partial charge in [-0.2, -0.15) is 0 Å². The van der Waals surface area contributed by atoms with Crippen LogP contribution in [0.25, 0.3) is 0 Å². The van der Waals surface area contributed by atoms with Crippen molar-refractivity contribution in [3.63, 3.8) is 0 Å². The number of hydrogen-bond acceptors (Lipinski definition) is 4. The molecule has 0 spiro atoms. The van der Waals surface area contributed by atoms with Gasteiger partial charge in [0.25, 0.3) is 0 Å². The highest BCUT2D eigenvalue weighted by Gasteiger charge is 2.13. The Kier molecular flexibility index (Phi) is 5.50. The molecule has 0 saturated heterocycles. The largest absolute Gasteiger partial charge is 0.326 e. The van der Waals surface area contributed by atoms with Gasteiger partial charge >= 0.3 is 0 Å².